The Labute approximate surface area is 109 Å². The minimum Gasteiger partial charge on any atom is -0.496 e. The van der Waals surface area contributed by atoms with Gasteiger partial charge >= 0.3 is 0 Å². The van der Waals surface area contributed by atoms with Crippen molar-refractivity contribution in [2.45, 2.75) is 19.5 Å². The van der Waals surface area contributed by atoms with Gasteiger partial charge in [0, 0.05) is 31.2 Å². The van der Waals surface area contributed by atoms with Gasteiger partial charge in [-0.1, -0.05) is 25.1 Å². The number of methoxy groups -OCH3 is 1. The number of rotatable bonds is 3. The zero-order chi connectivity index (χ0) is 11.5. The van der Waals surface area contributed by atoms with Gasteiger partial charge in [-0.25, -0.2) is 0 Å². The average molecular weight is 257 g/mol. The van der Waals surface area contributed by atoms with Crippen LogP contribution in [0.3, 0.4) is 0 Å². The molecule has 0 bridgehead atoms. The summed E-state index contributed by atoms with van der Waals surface area (Å²) < 4.78 is 5.35. The molecule has 1 aliphatic rings. The zero-order valence-corrected chi connectivity index (χ0v) is 11.2. The topological polar surface area (TPSA) is 38.5 Å². The molecule has 0 aromatic heterocycles. The maximum atomic E-state index is 6.02. The molecule has 0 amide bonds. The van der Waals surface area contributed by atoms with Crippen molar-refractivity contribution < 1.29 is 4.74 Å². The fourth-order valence-corrected chi connectivity index (χ4v) is 2.30. The molecule has 0 radical (unpaired) electrons. The predicted octanol–water partition coefficient (Wildman–Crippen LogP) is 1.90. The molecule has 96 valence electrons. The van der Waals surface area contributed by atoms with E-state index in [1.165, 1.54) is 5.56 Å². The Balaban J connectivity index is 0.00000144. The normalized spacial score (nSPS) is 24.4. The van der Waals surface area contributed by atoms with Gasteiger partial charge in [0.25, 0.3) is 0 Å². The number of benzene rings is 1. The van der Waals surface area contributed by atoms with Gasteiger partial charge in [0.15, 0.2) is 0 Å². The third-order valence-electron chi connectivity index (χ3n) is 3.33. The summed E-state index contributed by atoms with van der Waals surface area (Å²) in [6.45, 7) is 5.22. The molecule has 1 heterocycles. The molecule has 0 spiro atoms. The summed E-state index contributed by atoms with van der Waals surface area (Å²) >= 11 is 0. The van der Waals surface area contributed by atoms with Crippen molar-refractivity contribution in [3.8, 4) is 5.75 Å². The van der Waals surface area contributed by atoms with E-state index < -0.39 is 0 Å². The zero-order valence-electron chi connectivity index (χ0n) is 10.4. The molecular formula is C13H21ClN2O. The summed E-state index contributed by atoms with van der Waals surface area (Å²) in [4.78, 5) is 2.40. The lowest BCUT2D eigenvalue weighted by atomic mass is 10.1. The van der Waals surface area contributed by atoms with Crippen LogP contribution in [-0.2, 0) is 6.54 Å². The number of hydrogen-bond acceptors (Lipinski definition) is 3. The molecule has 0 aliphatic carbocycles. The van der Waals surface area contributed by atoms with Gasteiger partial charge in [0.1, 0.15) is 5.75 Å². The Hall–Kier alpha value is -0.770. The van der Waals surface area contributed by atoms with Crippen LogP contribution in [0.1, 0.15) is 12.5 Å². The van der Waals surface area contributed by atoms with Gasteiger partial charge in [-0.05, 0) is 12.0 Å². The van der Waals surface area contributed by atoms with Crippen LogP contribution in [0.2, 0.25) is 0 Å². The Morgan fingerprint density at radius 3 is 2.65 bits per heavy atom. The number of halogens is 1. The molecular weight excluding hydrogens is 236 g/mol. The van der Waals surface area contributed by atoms with Crippen LogP contribution in [0, 0.1) is 5.92 Å². The summed E-state index contributed by atoms with van der Waals surface area (Å²) in [5.41, 5.74) is 7.26. The van der Waals surface area contributed by atoms with Crippen LogP contribution < -0.4 is 10.5 Å². The molecule has 1 aliphatic heterocycles. The Morgan fingerprint density at radius 2 is 2.06 bits per heavy atom. The Kier molecular flexibility index (Phi) is 5.25. The lowest BCUT2D eigenvalue weighted by molar-refractivity contribution is 0.310. The number of para-hydroxylation sites is 1. The number of hydrogen-bond donors (Lipinski definition) is 1. The molecule has 3 nitrogen and oxygen atoms in total. The van der Waals surface area contributed by atoms with Gasteiger partial charge < -0.3 is 10.5 Å². The molecule has 2 N–H and O–H groups in total. The quantitative estimate of drug-likeness (QED) is 0.898. The summed E-state index contributed by atoms with van der Waals surface area (Å²) in [5, 5.41) is 0. The van der Waals surface area contributed by atoms with Crippen LogP contribution >= 0.6 is 12.4 Å². The highest BCUT2D eigenvalue weighted by Crippen LogP contribution is 2.22. The summed E-state index contributed by atoms with van der Waals surface area (Å²) in [5.74, 6) is 1.56. The lowest BCUT2D eigenvalue weighted by Crippen LogP contribution is -2.28. The highest BCUT2D eigenvalue weighted by molar-refractivity contribution is 5.85. The SMILES string of the molecule is COc1ccccc1CN1CC(C)C(N)C1.Cl. The van der Waals surface area contributed by atoms with E-state index >= 15 is 0 Å². The van der Waals surface area contributed by atoms with E-state index in [0.717, 1.165) is 25.4 Å². The first-order valence-electron chi connectivity index (χ1n) is 5.80. The van der Waals surface area contributed by atoms with Crippen molar-refractivity contribution in [2.24, 2.45) is 11.7 Å². The van der Waals surface area contributed by atoms with Crippen molar-refractivity contribution in [3.05, 3.63) is 29.8 Å². The highest BCUT2D eigenvalue weighted by atomic mass is 35.5. The van der Waals surface area contributed by atoms with Crippen LogP contribution in [0.5, 0.6) is 5.75 Å². The number of nitrogens with two attached hydrogens (primary N) is 1. The standard InChI is InChI=1S/C13H20N2O.ClH/c1-10-7-15(9-12(10)14)8-11-5-3-4-6-13(11)16-2;/h3-6,10,12H,7-9,14H2,1-2H3;1H. The van der Waals surface area contributed by atoms with Gasteiger partial charge in [-0.15, -0.1) is 12.4 Å². The number of ether oxygens (including phenoxy) is 1. The number of likely N-dealkylation sites (tertiary alicyclic amines) is 1. The van der Waals surface area contributed by atoms with E-state index in [9.17, 15) is 0 Å². The van der Waals surface area contributed by atoms with E-state index in [-0.39, 0.29) is 12.4 Å². The maximum Gasteiger partial charge on any atom is 0.123 e. The van der Waals surface area contributed by atoms with Gasteiger partial charge in [-0.2, -0.15) is 0 Å². The molecule has 0 saturated carbocycles. The number of nitrogens with zero attached hydrogens (tertiary/aromatic N) is 1. The summed E-state index contributed by atoms with van der Waals surface area (Å²) in [6.07, 6.45) is 0. The van der Waals surface area contributed by atoms with Crippen molar-refractivity contribution in [3.63, 3.8) is 0 Å². The van der Waals surface area contributed by atoms with Crippen molar-refractivity contribution >= 4 is 12.4 Å². The van der Waals surface area contributed by atoms with E-state index in [0.29, 0.717) is 12.0 Å². The van der Waals surface area contributed by atoms with Crippen LogP contribution in [0.4, 0.5) is 0 Å². The Morgan fingerprint density at radius 1 is 1.35 bits per heavy atom. The summed E-state index contributed by atoms with van der Waals surface area (Å²) in [6, 6.07) is 8.50. The Bertz CT molecular complexity index is 349. The predicted molar refractivity (Wildman–Crippen MR) is 72.7 cm³/mol. The fourth-order valence-electron chi connectivity index (χ4n) is 2.30. The smallest absolute Gasteiger partial charge is 0.123 e. The molecule has 4 heteroatoms. The van der Waals surface area contributed by atoms with E-state index in [4.69, 9.17) is 10.5 Å². The molecule has 2 unspecified atom stereocenters. The molecule has 1 saturated heterocycles. The molecule has 17 heavy (non-hydrogen) atoms. The van der Waals surface area contributed by atoms with E-state index in [1.54, 1.807) is 7.11 Å². The minimum absolute atomic E-state index is 0. The maximum absolute atomic E-state index is 6.02. The molecule has 2 atom stereocenters. The lowest BCUT2D eigenvalue weighted by Gasteiger charge is -2.17. The molecule has 2 rings (SSSR count). The summed E-state index contributed by atoms with van der Waals surface area (Å²) in [7, 11) is 1.72. The second-order valence-corrected chi connectivity index (χ2v) is 4.65. The first-order chi connectivity index (χ1) is 7.70. The molecule has 1 aromatic rings. The van der Waals surface area contributed by atoms with Crippen molar-refractivity contribution in [1.82, 2.24) is 4.90 Å². The largest absolute Gasteiger partial charge is 0.496 e. The van der Waals surface area contributed by atoms with Gasteiger partial charge in [-0.3, -0.25) is 4.90 Å². The van der Waals surface area contributed by atoms with Crippen LogP contribution in [0.25, 0.3) is 0 Å². The average Bonchev–Trinajstić information content (AvgIpc) is 2.59. The van der Waals surface area contributed by atoms with Gasteiger partial charge in [0.2, 0.25) is 0 Å². The minimum atomic E-state index is 0. The second kappa shape index (κ2) is 6.24. The molecule has 1 fully saturated rings. The first-order valence-corrected chi connectivity index (χ1v) is 5.80. The van der Waals surface area contributed by atoms with E-state index in [2.05, 4.69) is 24.0 Å². The van der Waals surface area contributed by atoms with Crippen LogP contribution in [0.15, 0.2) is 24.3 Å². The fraction of sp³-hybridized carbons (Fsp3) is 0.538. The second-order valence-electron chi connectivity index (χ2n) is 4.65. The van der Waals surface area contributed by atoms with Crippen molar-refractivity contribution in [1.29, 1.82) is 0 Å². The van der Waals surface area contributed by atoms with Crippen LogP contribution in [-0.4, -0.2) is 31.1 Å². The third-order valence-corrected chi connectivity index (χ3v) is 3.33. The van der Waals surface area contributed by atoms with Gasteiger partial charge in [0.05, 0.1) is 7.11 Å². The van der Waals surface area contributed by atoms with E-state index in [1.807, 2.05) is 12.1 Å². The molecule has 1 aromatic carbocycles. The first kappa shape index (κ1) is 14.3. The third kappa shape index (κ3) is 3.35. The highest BCUT2D eigenvalue weighted by Gasteiger charge is 2.26. The van der Waals surface area contributed by atoms with Crippen molar-refractivity contribution in [2.75, 3.05) is 20.2 Å². The monoisotopic (exact) mass is 256 g/mol.